The molecular formula is C22H27NO2. The number of rotatable bonds is 6. The molecule has 0 saturated heterocycles. The summed E-state index contributed by atoms with van der Waals surface area (Å²) in [6.07, 6.45) is 3.87. The van der Waals surface area contributed by atoms with Gasteiger partial charge in [-0.25, -0.2) is 4.79 Å². The van der Waals surface area contributed by atoms with Crippen molar-refractivity contribution in [3.63, 3.8) is 0 Å². The quantitative estimate of drug-likeness (QED) is 0.717. The molecule has 0 heterocycles. The Balaban J connectivity index is 2.26. The molecule has 1 N–H and O–H groups in total. The molecule has 0 aliphatic heterocycles. The lowest BCUT2D eigenvalue weighted by Crippen LogP contribution is -2.39. The van der Waals surface area contributed by atoms with Crippen molar-refractivity contribution in [1.29, 1.82) is 0 Å². The third-order valence-corrected chi connectivity index (χ3v) is 3.92. The van der Waals surface area contributed by atoms with Gasteiger partial charge in [-0.05, 0) is 23.0 Å². The molecule has 2 aromatic rings. The van der Waals surface area contributed by atoms with E-state index in [-0.39, 0.29) is 11.5 Å². The zero-order chi connectivity index (χ0) is 18.3. The molecule has 132 valence electrons. The van der Waals surface area contributed by atoms with Gasteiger partial charge in [-0.15, -0.1) is 0 Å². The number of hydrogen-bond donors (Lipinski definition) is 1. The van der Waals surface area contributed by atoms with E-state index in [0.29, 0.717) is 13.0 Å². The van der Waals surface area contributed by atoms with Crippen molar-refractivity contribution in [2.75, 3.05) is 6.54 Å². The monoisotopic (exact) mass is 337 g/mol. The summed E-state index contributed by atoms with van der Waals surface area (Å²) in [5.74, 6) is 0. The van der Waals surface area contributed by atoms with Crippen LogP contribution in [-0.2, 0) is 0 Å². The van der Waals surface area contributed by atoms with Gasteiger partial charge in [0.2, 0.25) is 0 Å². The van der Waals surface area contributed by atoms with Crippen LogP contribution in [0.1, 0.15) is 44.4 Å². The highest BCUT2D eigenvalue weighted by molar-refractivity contribution is 5.66. The van der Waals surface area contributed by atoms with Crippen molar-refractivity contribution in [2.24, 2.45) is 5.41 Å². The number of nitrogens with zero attached hydrogens (tertiary/aromatic N) is 1. The highest BCUT2D eigenvalue weighted by Crippen LogP contribution is 2.29. The van der Waals surface area contributed by atoms with Gasteiger partial charge in [0.15, 0.2) is 0 Å². The number of carboxylic acid groups (broad SMARTS) is 1. The first-order valence-corrected chi connectivity index (χ1v) is 8.63. The van der Waals surface area contributed by atoms with E-state index >= 15 is 0 Å². The third-order valence-electron chi connectivity index (χ3n) is 3.92. The summed E-state index contributed by atoms with van der Waals surface area (Å²) in [5.41, 5.74) is 2.04. The Kier molecular flexibility index (Phi) is 6.40. The van der Waals surface area contributed by atoms with Gasteiger partial charge in [0, 0.05) is 6.54 Å². The molecule has 0 spiro atoms. The summed E-state index contributed by atoms with van der Waals surface area (Å²) in [4.78, 5) is 13.5. The standard InChI is InChI=1S/C22H27NO2/c1-22(2,3)17-23(21(24)25)20(19-14-8-5-9-15-19)16-10-13-18-11-6-4-7-12-18/h4-15,20H,16-17H2,1-3H3,(H,24,25)/t20-/m1/s1. The Hall–Kier alpha value is -2.55. The molecule has 1 amide bonds. The molecule has 3 nitrogen and oxygen atoms in total. The third kappa shape index (κ3) is 6.11. The van der Waals surface area contributed by atoms with Gasteiger partial charge in [-0.2, -0.15) is 0 Å². The van der Waals surface area contributed by atoms with Crippen molar-refractivity contribution in [3.8, 4) is 0 Å². The largest absolute Gasteiger partial charge is 0.465 e. The van der Waals surface area contributed by atoms with Crippen LogP contribution in [0.4, 0.5) is 4.79 Å². The Morgan fingerprint density at radius 1 is 1.04 bits per heavy atom. The van der Waals surface area contributed by atoms with Crippen LogP contribution in [-0.4, -0.2) is 22.6 Å². The van der Waals surface area contributed by atoms with Gasteiger partial charge in [0.25, 0.3) is 0 Å². The summed E-state index contributed by atoms with van der Waals surface area (Å²) in [5, 5.41) is 9.79. The molecule has 3 heteroatoms. The normalized spacial score (nSPS) is 12.9. The average Bonchev–Trinajstić information content (AvgIpc) is 2.58. The fourth-order valence-corrected chi connectivity index (χ4v) is 2.84. The van der Waals surface area contributed by atoms with Crippen LogP contribution in [0.25, 0.3) is 6.08 Å². The maximum atomic E-state index is 11.9. The lowest BCUT2D eigenvalue weighted by molar-refractivity contribution is 0.102. The summed E-state index contributed by atoms with van der Waals surface area (Å²) < 4.78 is 0. The van der Waals surface area contributed by atoms with Crippen LogP contribution in [0.3, 0.4) is 0 Å². The van der Waals surface area contributed by atoms with Gasteiger partial charge in [0.1, 0.15) is 0 Å². The molecule has 1 atom stereocenters. The van der Waals surface area contributed by atoms with Gasteiger partial charge in [0.05, 0.1) is 6.04 Å². The fourth-order valence-electron chi connectivity index (χ4n) is 2.84. The van der Waals surface area contributed by atoms with Gasteiger partial charge in [-0.1, -0.05) is 93.6 Å². The number of hydrogen-bond acceptors (Lipinski definition) is 1. The van der Waals surface area contributed by atoms with Crippen molar-refractivity contribution < 1.29 is 9.90 Å². The van der Waals surface area contributed by atoms with E-state index in [1.54, 1.807) is 4.90 Å². The molecule has 0 aliphatic carbocycles. The Labute approximate surface area is 150 Å². The Morgan fingerprint density at radius 2 is 1.60 bits per heavy atom. The molecule has 0 aromatic heterocycles. The van der Waals surface area contributed by atoms with Crippen LogP contribution in [0.5, 0.6) is 0 Å². The van der Waals surface area contributed by atoms with Gasteiger partial charge < -0.3 is 10.0 Å². The molecule has 25 heavy (non-hydrogen) atoms. The van der Waals surface area contributed by atoms with E-state index in [0.717, 1.165) is 11.1 Å². The predicted molar refractivity (Wildman–Crippen MR) is 103 cm³/mol. The molecule has 0 bridgehead atoms. The Morgan fingerprint density at radius 3 is 2.12 bits per heavy atom. The van der Waals surface area contributed by atoms with Crippen molar-refractivity contribution in [1.82, 2.24) is 4.90 Å². The summed E-state index contributed by atoms with van der Waals surface area (Å²) in [6, 6.07) is 19.7. The topological polar surface area (TPSA) is 40.5 Å². The lowest BCUT2D eigenvalue weighted by Gasteiger charge is -2.34. The maximum absolute atomic E-state index is 11.9. The zero-order valence-electron chi connectivity index (χ0n) is 15.2. The van der Waals surface area contributed by atoms with Crippen molar-refractivity contribution in [2.45, 2.75) is 33.2 Å². The molecule has 0 unspecified atom stereocenters. The SMILES string of the molecule is CC(C)(C)CN(C(=O)O)[C@H](CC=Cc1ccccc1)c1ccccc1. The summed E-state index contributed by atoms with van der Waals surface area (Å²) in [6.45, 7) is 6.67. The molecule has 0 fully saturated rings. The fraction of sp³-hybridized carbons (Fsp3) is 0.318. The summed E-state index contributed by atoms with van der Waals surface area (Å²) in [7, 11) is 0. The predicted octanol–water partition coefficient (Wildman–Crippen LogP) is 5.86. The minimum absolute atomic E-state index is 0.103. The van der Waals surface area contributed by atoms with Crippen LogP contribution >= 0.6 is 0 Å². The van der Waals surface area contributed by atoms with E-state index in [1.807, 2.05) is 66.7 Å². The zero-order valence-corrected chi connectivity index (χ0v) is 15.2. The minimum Gasteiger partial charge on any atom is -0.465 e. The molecule has 0 aliphatic rings. The Bertz CT molecular complexity index is 687. The highest BCUT2D eigenvalue weighted by Gasteiger charge is 2.28. The van der Waals surface area contributed by atoms with Gasteiger partial charge in [-0.3, -0.25) is 0 Å². The molecule has 2 rings (SSSR count). The van der Waals surface area contributed by atoms with E-state index in [9.17, 15) is 9.90 Å². The van der Waals surface area contributed by atoms with Crippen LogP contribution in [0.2, 0.25) is 0 Å². The summed E-state index contributed by atoms with van der Waals surface area (Å²) >= 11 is 0. The van der Waals surface area contributed by atoms with Crippen LogP contribution in [0, 0.1) is 5.41 Å². The van der Waals surface area contributed by atoms with E-state index < -0.39 is 6.09 Å². The van der Waals surface area contributed by atoms with Gasteiger partial charge >= 0.3 is 6.09 Å². The second-order valence-corrected chi connectivity index (χ2v) is 7.45. The molecule has 0 saturated carbocycles. The number of benzene rings is 2. The van der Waals surface area contributed by atoms with Crippen LogP contribution < -0.4 is 0 Å². The second kappa shape index (κ2) is 8.52. The first-order valence-electron chi connectivity index (χ1n) is 8.63. The molecule has 2 aromatic carbocycles. The van der Waals surface area contributed by atoms with Crippen molar-refractivity contribution in [3.05, 3.63) is 77.9 Å². The minimum atomic E-state index is -0.878. The smallest absolute Gasteiger partial charge is 0.407 e. The number of carbonyl (C=O) groups is 1. The number of amides is 1. The average molecular weight is 337 g/mol. The highest BCUT2D eigenvalue weighted by atomic mass is 16.4. The maximum Gasteiger partial charge on any atom is 0.407 e. The van der Waals surface area contributed by atoms with E-state index in [2.05, 4.69) is 26.8 Å². The van der Waals surface area contributed by atoms with E-state index in [4.69, 9.17) is 0 Å². The molecular weight excluding hydrogens is 310 g/mol. The lowest BCUT2D eigenvalue weighted by atomic mass is 9.93. The second-order valence-electron chi connectivity index (χ2n) is 7.45. The first kappa shape index (κ1) is 18.8. The first-order chi connectivity index (χ1) is 11.9. The van der Waals surface area contributed by atoms with Crippen LogP contribution in [0.15, 0.2) is 66.7 Å². The molecule has 0 radical (unpaired) electrons. The van der Waals surface area contributed by atoms with E-state index in [1.165, 1.54) is 0 Å². The van der Waals surface area contributed by atoms with Crippen molar-refractivity contribution >= 4 is 12.2 Å².